The zero-order chi connectivity index (χ0) is 8.72. The lowest BCUT2D eigenvalue weighted by molar-refractivity contribution is 0.470. The standard InChI is InChI=1S/C11H17N/c1-8-4-5-9(2)12(8)10(3)11-6-7-11/h4-5,10-11H,6-7H2,1-3H3. The lowest BCUT2D eigenvalue weighted by Gasteiger charge is -2.17. The summed E-state index contributed by atoms with van der Waals surface area (Å²) in [6.07, 6.45) is 2.86. The third-order valence-electron chi connectivity index (χ3n) is 3.04. The van der Waals surface area contributed by atoms with Crippen molar-refractivity contribution < 1.29 is 0 Å². The zero-order valence-corrected chi connectivity index (χ0v) is 8.17. The van der Waals surface area contributed by atoms with Crippen molar-refractivity contribution in [3.8, 4) is 0 Å². The molecule has 12 heavy (non-hydrogen) atoms. The average Bonchev–Trinajstić information content (AvgIpc) is 2.79. The van der Waals surface area contributed by atoms with Crippen LogP contribution in [0.5, 0.6) is 0 Å². The third kappa shape index (κ3) is 1.17. The quantitative estimate of drug-likeness (QED) is 0.631. The largest absolute Gasteiger partial charge is 0.346 e. The summed E-state index contributed by atoms with van der Waals surface area (Å²) >= 11 is 0. The summed E-state index contributed by atoms with van der Waals surface area (Å²) in [5, 5.41) is 0. The molecule has 1 saturated carbocycles. The van der Waals surface area contributed by atoms with Crippen LogP contribution in [-0.4, -0.2) is 4.57 Å². The highest BCUT2D eigenvalue weighted by atomic mass is 15.0. The highest BCUT2D eigenvalue weighted by molar-refractivity contribution is 5.15. The summed E-state index contributed by atoms with van der Waals surface area (Å²) in [7, 11) is 0. The molecule has 1 aliphatic carbocycles. The van der Waals surface area contributed by atoms with Crippen LogP contribution >= 0.6 is 0 Å². The Balaban J connectivity index is 2.30. The molecule has 1 heterocycles. The van der Waals surface area contributed by atoms with E-state index in [-0.39, 0.29) is 0 Å². The van der Waals surface area contributed by atoms with E-state index in [9.17, 15) is 0 Å². The summed E-state index contributed by atoms with van der Waals surface area (Å²) in [5.41, 5.74) is 2.82. The molecule has 0 spiro atoms. The molecule has 1 fully saturated rings. The van der Waals surface area contributed by atoms with Crippen molar-refractivity contribution in [1.29, 1.82) is 0 Å². The topological polar surface area (TPSA) is 4.93 Å². The Kier molecular flexibility index (Phi) is 1.75. The first-order valence-electron chi connectivity index (χ1n) is 4.84. The summed E-state index contributed by atoms with van der Waals surface area (Å²) < 4.78 is 2.47. The highest BCUT2D eigenvalue weighted by Gasteiger charge is 2.29. The third-order valence-corrected chi connectivity index (χ3v) is 3.04. The van der Waals surface area contributed by atoms with Gasteiger partial charge in [0.05, 0.1) is 0 Å². The summed E-state index contributed by atoms with van der Waals surface area (Å²) in [6.45, 7) is 6.75. The van der Waals surface area contributed by atoms with Crippen LogP contribution in [0.4, 0.5) is 0 Å². The van der Waals surface area contributed by atoms with Crippen molar-refractivity contribution in [2.75, 3.05) is 0 Å². The van der Waals surface area contributed by atoms with Gasteiger partial charge in [0.1, 0.15) is 0 Å². The second kappa shape index (κ2) is 2.65. The van der Waals surface area contributed by atoms with E-state index in [4.69, 9.17) is 0 Å². The number of hydrogen-bond donors (Lipinski definition) is 0. The van der Waals surface area contributed by atoms with Gasteiger partial charge in [0, 0.05) is 17.4 Å². The van der Waals surface area contributed by atoms with Crippen LogP contribution in [0.1, 0.15) is 37.2 Å². The monoisotopic (exact) mass is 163 g/mol. The number of aryl methyl sites for hydroxylation is 2. The van der Waals surface area contributed by atoms with E-state index in [1.54, 1.807) is 0 Å². The smallest absolute Gasteiger partial charge is 0.0335 e. The first-order valence-corrected chi connectivity index (χ1v) is 4.84. The molecule has 66 valence electrons. The van der Waals surface area contributed by atoms with Gasteiger partial charge in [-0.2, -0.15) is 0 Å². The van der Waals surface area contributed by atoms with E-state index in [1.807, 2.05) is 0 Å². The van der Waals surface area contributed by atoms with Crippen molar-refractivity contribution in [1.82, 2.24) is 4.57 Å². The first kappa shape index (κ1) is 7.90. The summed E-state index contributed by atoms with van der Waals surface area (Å²) in [5.74, 6) is 0.954. The Morgan fingerprint density at radius 3 is 2.17 bits per heavy atom. The van der Waals surface area contributed by atoms with Crippen molar-refractivity contribution in [3.63, 3.8) is 0 Å². The van der Waals surface area contributed by atoms with Gasteiger partial charge < -0.3 is 4.57 Å². The zero-order valence-electron chi connectivity index (χ0n) is 8.17. The minimum atomic E-state index is 0.722. The van der Waals surface area contributed by atoms with Crippen molar-refractivity contribution in [2.45, 2.75) is 39.7 Å². The summed E-state index contributed by atoms with van der Waals surface area (Å²) in [6, 6.07) is 5.16. The van der Waals surface area contributed by atoms with Crippen LogP contribution in [0.3, 0.4) is 0 Å². The molecular formula is C11H17N. The molecule has 0 aromatic carbocycles. The SMILES string of the molecule is Cc1ccc(C)n1C(C)C1CC1. The van der Waals surface area contributed by atoms with E-state index < -0.39 is 0 Å². The molecule has 0 aliphatic heterocycles. The van der Waals surface area contributed by atoms with Gasteiger partial charge in [-0.3, -0.25) is 0 Å². The van der Waals surface area contributed by atoms with Crippen LogP contribution in [0.15, 0.2) is 12.1 Å². The maximum Gasteiger partial charge on any atom is 0.0335 e. The number of hydrogen-bond acceptors (Lipinski definition) is 0. The van der Waals surface area contributed by atoms with E-state index in [2.05, 4.69) is 37.5 Å². The van der Waals surface area contributed by atoms with Gasteiger partial charge in [-0.15, -0.1) is 0 Å². The molecule has 0 radical (unpaired) electrons. The predicted octanol–water partition coefficient (Wildman–Crippen LogP) is 3.08. The van der Waals surface area contributed by atoms with Gasteiger partial charge in [-0.05, 0) is 51.7 Å². The lowest BCUT2D eigenvalue weighted by atomic mass is 10.2. The predicted molar refractivity (Wildman–Crippen MR) is 51.3 cm³/mol. The lowest BCUT2D eigenvalue weighted by Crippen LogP contribution is -2.09. The van der Waals surface area contributed by atoms with Gasteiger partial charge in [0.25, 0.3) is 0 Å². The van der Waals surface area contributed by atoms with Gasteiger partial charge >= 0.3 is 0 Å². The molecule has 0 bridgehead atoms. The second-order valence-electron chi connectivity index (χ2n) is 4.06. The number of nitrogens with zero attached hydrogens (tertiary/aromatic N) is 1. The van der Waals surface area contributed by atoms with Crippen LogP contribution in [0.25, 0.3) is 0 Å². The van der Waals surface area contributed by atoms with E-state index in [0.717, 1.165) is 12.0 Å². The summed E-state index contributed by atoms with van der Waals surface area (Å²) in [4.78, 5) is 0. The van der Waals surface area contributed by atoms with Gasteiger partial charge in [0.2, 0.25) is 0 Å². The van der Waals surface area contributed by atoms with E-state index in [0.29, 0.717) is 0 Å². The molecule has 1 atom stereocenters. The fraction of sp³-hybridized carbons (Fsp3) is 0.636. The van der Waals surface area contributed by atoms with E-state index in [1.165, 1.54) is 24.2 Å². The normalized spacial score (nSPS) is 19.6. The van der Waals surface area contributed by atoms with Gasteiger partial charge in [-0.1, -0.05) is 0 Å². The van der Waals surface area contributed by atoms with Crippen molar-refractivity contribution >= 4 is 0 Å². The molecule has 0 saturated heterocycles. The Hall–Kier alpha value is -0.720. The molecule has 0 amide bonds. The number of aromatic nitrogens is 1. The van der Waals surface area contributed by atoms with Gasteiger partial charge in [-0.25, -0.2) is 0 Å². The maximum atomic E-state index is 2.47. The molecule has 1 unspecified atom stereocenters. The fourth-order valence-corrected chi connectivity index (χ4v) is 2.11. The molecule has 2 rings (SSSR count). The molecule has 1 aromatic heterocycles. The molecule has 1 aromatic rings. The second-order valence-corrected chi connectivity index (χ2v) is 4.06. The molecular weight excluding hydrogens is 146 g/mol. The Labute approximate surface area is 74.4 Å². The molecule has 1 nitrogen and oxygen atoms in total. The van der Waals surface area contributed by atoms with Crippen molar-refractivity contribution in [3.05, 3.63) is 23.5 Å². The van der Waals surface area contributed by atoms with Crippen LogP contribution in [0.2, 0.25) is 0 Å². The van der Waals surface area contributed by atoms with E-state index >= 15 is 0 Å². The van der Waals surface area contributed by atoms with Crippen LogP contribution in [0, 0.1) is 19.8 Å². The van der Waals surface area contributed by atoms with Crippen LogP contribution in [-0.2, 0) is 0 Å². The number of rotatable bonds is 2. The molecule has 0 N–H and O–H groups in total. The fourth-order valence-electron chi connectivity index (χ4n) is 2.11. The Bertz CT molecular complexity index is 262. The first-order chi connectivity index (χ1) is 5.70. The Morgan fingerprint density at radius 1 is 1.25 bits per heavy atom. The average molecular weight is 163 g/mol. The van der Waals surface area contributed by atoms with Gasteiger partial charge in [0.15, 0.2) is 0 Å². The minimum absolute atomic E-state index is 0.722. The Morgan fingerprint density at radius 2 is 1.75 bits per heavy atom. The maximum absolute atomic E-state index is 2.47. The minimum Gasteiger partial charge on any atom is -0.346 e. The molecule has 1 heteroatoms. The highest BCUT2D eigenvalue weighted by Crippen LogP contribution is 2.40. The van der Waals surface area contributed by atoms with Crippen LogP contribution < -0.4 is 0 Å². The molecule has 1 aliphatic rings. The van der Waals surface area contributed by atoms with Crippen molar-refractivity contribution in [2.24, 2.45) is 5.92 Å².